The molecule has 3 rings (SSSR count). The van der Waals surface area contributed by atoms with Gasteiger partial charge in [-0.1, -0.05) is 48.0 Å². The van der Waals surface area contributed by atoms with Gasteiger partial charge in [-0.05, 0) is 54.4 Å². The van der Waals surface area contributed by atoms with Crippen LogP contribution in [-0.2, 0) is 9.59 Å². The van der Waals surface area contributed by atoms with Gasteiger partial charge in [-0.15, -0.1) is 0 Å². The van der Waals surface area contributed by atoms with Crippen LogP contribution in [0.4, 0.5) is 11.4 Å². The summed E-state index contributed by atoms with van der Waals surface area (Å²) >= 11 is 6.36. The van der Waals surface area contributed by atoms with Crippen molar-refractivity contribution in [1.29, 1.82) is 0 Å². The first-order valence-corrected chi connectivity index (χ1v) is 9.50. The van der Waals surface area contributed by atoms with Crippen LogP contribution < -0.4 is 15.4 Å². The molecule has 0 bridgehead atoms. The van der Waals surface area contributed by atoms with Crippen LogP contribution in [0, 0.1) is 0 Å². The van der Waals surface area contributed by atoms with E-state index in [0.717, 1.165) is 11.1 Å². The number of amides is 2. The van der Waals surface area contributed by atoms with E-state index in [-0.39, 0.29) is 11.8 Å². The molecule has 0 aromatic heterocycles. The Hall–Kier alpha value is -3.31. The molecular weight excluding hydrogens is 388 g/mol. The van der Waals surface area contributed by atoms with Crippen molar-refractivity contribution in [3.8, 4) is 16.9 Å². The summed E-state index contributed by atoms with van der Waals surface area (Å²) in [5.41, 5.74) is 3.28. The highest BCUT2D eigenvalue weighted by Crippen LogP contribution is 2.31. The van der Waals surface area contributed by atoms with Crippen molar-refractivity contribution in [2.75, 3.05) is 10.6 Å². The van der Waals surface area contributed by atoms with Crippen LogP contribution in [0.1, 0.15) is 13.8 Å². The molecule has 2 amide bonds. The van der Waals surface area contributed by atoms with E-state index in [1.165, 1.54) is 6.92 Å². The SMILES string of the molecule is CC(=O)Nc1ccc(NC(=O)C(C)Oc2ccc(-c3ccccc3)cc2Cl)cc1. The monoisotopic (exact) mass is 408 g/mol. The highest BCUT2D eigenvalue weighted by atomic mass is 35.5. The first kappa shape index (κ1) is 20.4. The van der Waals surface area contributed by atoms with E-state index in [1.54, 1.807) is 37.3 Å². The fourth-order valence-corrected chi connectivity index (χ4v) is 2.96. The quantitative estimate of drug-likeness (QED) is 0.576. The third kappa shape index (κ3) is 5.59. The molecule has 0 saturated heterocycles. The van der Waals surface area contributed by atoms with Crippen LogP contribution in [0.25, 0.3) is 11.1 Å². The summed E-state index contributed by atoms with van der Waals surface area (Å²) in [7, 11) is 0. The molecule has 0 aliphatic rings. The number of hydrogen-bond donors (Lipinski definition) is 2. The lowest BCUT2D eigenvalue weighted by atomic mass is 10.1. The molecule has 2 N–H and O–H groups in total. The Morgan fingerprint density at radius 2 is 1.48 bits per heavy atom. The van der Waals surface area contributed by atoms with Gasteiger partial charge in [0.1, 0.15) is 5.75 Å². The maximum absolute atomic E-state index is 12.4. The number of nitrogens with one attached hydrogen (secondary N) is 2. The molecule has 1 atom stereocenters. The Kier molecular flexibility index (Phi) is 6.52. The molecule has 5 nitrogen and oxygen atoms in total. The number of carbonyl (C=O) groups is 2. The first-order valence-electron chi connectivity index (χ1n) is 9.12. The standard InChI is InChI=1S/C23H21ClN2O3/c1-15(23(28)26-20-11-9-19(10-12-20)25-16(2)27)29-22-13-8-18(14-21(22)24)17-6-4-3-5-7-17/h3-15H,1-2H3,(H,25,27)(H,26,28). The molecule has 148 valence electrons. The van der Waals surface area contributed by atoms with Gasteiger partial charge in [0.2, 0.25) is 5.91 Å². The topological polar surface area (TPSA) is 67.4 Å². The van der Waals surface area contributed by atoms with E-state index in [2.05, 4.69) is 10.6 Å². The predicted octanol–water partition coefficient (Wildman–Crippen LogP) is 5.37. The molecule has 0 spiro atoms. The molecule has 0 heterocycles. The van der Waals surface area contributed by atoms with E-state index in [9.17, 15) is 9.59 Å². The van der Waals surface area contributed by atoms with Crippen molar-refractivity contribution in [2.24, 2.45) is 0 Å². The van der Waals surface area contributed by atoms with Crippen LogP contribution in [0.3, 0.4) is 0 Å². The number of halogens is 1. The van der Waals surface area contributed by atoms with Gasteiger partial charge in [0.25, 0.3) is 5.91 Å². The normalized spacial score (nSPS) is 11.4. The van der Waals surface area contributed by atoms with Crippen LogP contribution in [0.2, 0.25) is 5.02 Å². The van der Waals surface area contributed by atoms with Gasteiger partial charge in [0.05, 0.1) is 5.02 Å². The summed E-state index contributed by atoms with van der Waals surface area (Å²) in [4.78, 5) is 23.5. The fraction of sp³-hybridized carbons (Fsp3) is 0.130. The molecule has 0 radical (unpaired) electrons. The second-order valence-corrected chi connectivity index (χ2v) is 6.93. The minimum Gasteiger partial charge on any atom is -0.479 e. The number of hydrogen-bond acceptors (Lipinski definition) is 3. The van der Waals surface area contributed by atoms with Gasteiger partial charge in [0, 0.05) is 18.3 Å². The Bertz CT molecular complexity index is 1000. The van der Waals surface area contributed by atoms with E-state index in [4.69, 9.17) is 16.3 Å². The van der Waals surface area contributed by atoms with E-state index in [0.29, 0.717) is 22.1 Å². The summed E-state index contributed by atoms with van der Waals surface area (Å²) in [5, 5.41) is 5.89. The van der Waals surface area contributed by atoms with Crippen molar-refractivity contribution in [3.63, 3.8) is 0 Å². The minimum absolute atomic E-state index is 0.154. The number of benzene rings is 3. The summed E-state index contributed by atoms with van der Waals surface area (Å²) in [6.07, 6.45) is -0.745. The maximum Gasteiger partial charge on any atom is 0.265 e. The summed E-state index contributed by atoms with van der Waals surface area (Å²) in [6.45, 7) is 3.09. The Labute approximate surface area is 174 Å². The van der Waals surface area contributed by atoms with Crippen LogP contribution in [0.5, 0.6) is 5.75 Å². The van der Waals surface area contributed by atoms with Crippen LogP contribution in [-0.4, -0.2) is 17.9 Å². The third-order valence-corrected chi connectivity index (χ3v) is 4.48. The van der Waals surface area contributed by atoms with E-state index < -0.39 is 6.10 Å². The number of rotatable bonds is 6. The number of carbonyl (C=O) groups excluding carboxylic acids is 2. The van der Waals surface area contributed by atoms with Gasteiger partial charge in [-0.2, -0.15) is 0 Å². The molecule has 29 heavy (non-hydrogen) atoms. The van der Waals surface area contributed by atoms with Crippen molar-refractivity contribution >= 4 is 34.8 Å². The zero-order valence-electron chi connectivity index (χ0n) is 16.1. The number of anilines is 2. The molecule has 3 aromatic rings. The summed E-state index contributed by atoms with van der Waals surface area (Å²) in [5.74, 6) is -0.0190. The zero-order chi connectivity index (χ0) is 20.8. The highest BCUT2D eigenvalue weighted by Gasteiger charge is 2.17. The minimum atomic E-state index is -0.745. The van der Waals surface area contributed by atoms with Crippen molar-refractivity contribution in [3.05, 3.63) is 77.8 Å². The third-order valence-electron chi connectivity index (χ3n) is 4.18. The largest absolute Gasteiger partial charge is 0.479 e. The van der Waals surface area contributed by atoms with Gasteiger partial charge in [-0.25, -0.2) is 0 Å². The lowest BCUT2D eigenvalue weighted by Gasteiger charge is -2.16. The van der Waals surface area contributed by atoms with E-state index in [1.807, 2.05) is 42.5 Å². The smallest absolute Gasteiger partial charge is 0.265 e. The van der Waals surface area contributed by atoms with Crippen molar-refractivity contribution in [2.45, 2.75) is 20.0 Å². The van der Waals surface area contributed by atoms with Crippen LogP contribution in [0.15, 0.2) is 72.8 Å². The average molecular weight is 409 g/mol. The van der Waals surface area contributed by atoms with Crippen molar-refractivity contribution < 1.29 is 14.3 Å². The Morgan fingerprint density at radius 1 is 0.862 bits per heavy atom. The zero-order valence-corrected chi connectivity index (χ0v) is 16.9. The summed E-state index contributed by atoms with van der Waals surface area (Å²) in [6, 6.07) is 22.2. The molecule has 0 fully saturated rings. The first-order chi connectivity index (χ1) is 13.9. The fourth-order valence-electron chi connectivity index (χ4n) is 2.73. The van der Waals surface area contributed by atoms with Crippen molar-refractivity contribution in [1.82, 2.24) is 0 Å². The molecular formula is C23H21ClN2O3. The summed E-state index contributed by atoms with van der Waals surface area (Å²) < 4.78 is 5.75. The molecule has 0 aliphatic carbocycles. The molecule has 0 saturated carbocycles. The van der Waals surface area contributed by atoms with Gasteiger partial charge < -0.3 is 15.4 Å². The molecule has 3 aromatic carbocycles. The van der Waals surface area contributed by atoms with E-state index >= 15 is 0 Å². The average Bonchev–Trinajstić information content (AvgIpc) is 2.71. The molecule has 6 heteroatoms. The molecule has 1 unspecified atom stereocenters. The van der Waals surface area contributed by atoms with Gasteiger partial charge in [-0.3, -0.25) is 9.59 Å². The maximum atomic E-state index is 12.4. The lowest BCUT2D eigenvalue weighted by molar-refractivity contribution is -0.122. The highest BCUT2D eigenvalue weighted by molar-refractivity contribution is 6.32. The second-order valence-electron chi connectivity index (χ2n) is 6.52. The Morgan fingerprint density at radius 3 is 2.07 bits per heavy atom. The van der Waals surface area contributed by atoms with Gasteiger partial charge in [0.15, 0.2) is 6.10 Å². The lowest BCUT2D eigenvalue weighted by Crippen LogP contribution is -2.30. The molecule has 0 aliphatic heterocycles. The van der Waals surface area contributed by atoms with Gasteiger partial charge >= 0.3 is 0 Å². The Balaban J connectivity index is 1.62. The predicted molar refractivity (Wildman–Crippen MR) is 116 cm³/mol. The van der Waals surface area contributed by atoms with Crippen LogP contribution >= 0.6 is 11.6 Å². The number of ether oxygens (including phenoxy) is 1. The second kappa shape index (κ2) is 9.26.